The van der Waals surface area contributed by atoms with Gasteiger partial charge in [-0.3, -0.25) is 14.4 Å². The number of rotatable bonds is 3. The molecule has 0 aromatic rings. The quantitative estimate of drug-likeness (QED) is 0.738. The molecule has 0 aromatic carbocycles. The molecule has 0 aromatic heterocycles. The first-order chi connectivity index (χ1) is 8.52. The molecule has 0 heterocycles. The zero-order valence-electron chi connectivity index (χ0n) is 9.76. The summed E-state index contributed by atoms with van der Waals surface area (Å²) in [5, 5.41) is 17.8. The average Bonchev–Trinajstić information content (AvgIpc) is 2.32. The van der Waals surface area contributed by atoms with Crippen molar-refractivity contribution in [2.75, 3.05) is 0 Å². The van der Waals surface area contributed by atoms with Crippen LogP contribution in [0.25, 0.3) is 0 Å². The predicted molar refractivity (Wildman–Crippen MR) is 61.9 cm³/mol. The molecule has 1 saturated carbocycles. The molecule has 1 fully saturated rings. The molecule has 18 heavy (non-hydrogen) atoms. The van der Waals surface area contributed by atoms with Crippen molar-refractivity contribution in [3.63, 3.8) is 0 Å². The zero-order valence-corrected chi connectivity index (χ0v) is 9.76. The molecule has 5 nitrogen and oxygen atoms in total. The Labute approximate surface area is 104 Å². The van der Waals surface area contributed by atoms with E-state index in [0.717, 1.165) is 24.8 Å². The summed E-state index contributed by atoms with van der Waals surface area (Å²) < 4.78 is 0. The van der Waals surface area contributed by atoms with Gasteiger partial charge in [-0.05, 0) is 19.3 Å². The minimum atomic E-state index is -1.75. The zero-order chi connectivity index (χ0) is 13.3. The number of fused-ring (bicyclic) bond motifs is 1. The number of hydrogen-bond acceptors (Lipinski definition) is 3. The summed E-state index contributed by atoms with van der Waals surface area (Å²) in [5.41, 5.74) is 0.898. The molecule has 0 saturated heterocycles. The van der Waals surface area contributed by atoms with Crippen LogP contribution in [0.2, 0.25) is 0 Å². The maximum Gasteiger partial charge on any atom is 0.322 e. The van der Waals surface area contributed by atoms with Gasteiger partial charge in [-0.15, -0.1) is 0 Å². The van der Waals surface area contributed by atoms with Crippen LogP contribution in [-0.2, 0) is 14.4 Å². The van der Waals surface area contributed by atoms with Crippen LogP contribution in [0.4, 0.5) is 0 Å². The molecule has 2 rings (SSSR count). The standard InChI is InChI=1S/C13H14O5/c14-11-8-4-2-1-3-7(8)5-6-9(11)10(12(15)16)13(17)18/h5-6,8,10H,1-4H2,(H,15,16)(H,17,18). The predicted octanol–water partition coefficient (Wildman–Crippen LogP) is 1.40. The number of carbonyl (C=O) groups excluding carboxylic acids is 1. The van der Waals surface area contributed by atoms with Gasteiger partial charge in [0.2, 0.25) is 0 Å². The number of carboxylic acids is 2. The minimum absolute atomic E-state index is 0.106. The number of aliphatic carboxylic acids is 2. The van der Waals surface area contributed by atoms with E-state index in [9.17, 15) is 14.4 Å². The average molecular weight is 250 g/mol. The highest BCUT2D eigenvalue weighted by Crippen LogP contribution is 2.36. The molecule has 2 aliphatic rings. The Morgan fingerprint density at radius 1 is 1.17 bits per heavy atom. The first-order valence-electron chi connectivity index (χ1n) is 5.93. The molecule has 0 spiro atoms. The van der Waals surface area contributed by atoms with Gasteiger partial charge in [0.05, 0.1) is 0 Å². The lowest BCUT2D eigenvalue weighted by Gasteiger charge is -2.28. The van der Waals surface area contributed by atoms with Gasteiger partial charge < -0.3 is 10.2 Å². The van der Waals surface area contributed by atoms with Gasteiger partial charge in [0, 0.05) is 11.5 Å². The molecule has 5 heteroatoms. The lowest BCUT2D eigenvalue weighted by molar-refractivity contribution is -0.153. The number of ketones is 1. The number of Topliss-reactive ketones (excluding diaryl/α,β-unsaturated/α-hetero) is 1. The van der Waals surface area contributed by atoms with Gasteiger partial charge in [-0.25, -0.2) is 0 Å². The SMILES string of the molecule is O=C1C(C(C(=O)O)C(=O)O)=CC=C2CCCCC12. The van der Waals surface area contributed by atoms with Crippen molar-refractivity contribution in [2.45, 2.75) is 25.7 Å². The molecular weight excluding hydrogens is 236 g/mol. The smallest absolute Gasteiger partial charge is 0.322 e. The molecule has 96 valence electrons. The molecule has 0 aliphatic heterocycles. The maximum atomic E-state index is 12.2. The molecule has 0 bridgehead atoms. The van der Waals surface area contributed by atoms with Crippen molar-refractivity contribution in [1.82, 2.24) is 0 Å². The summed E-state index contributed by atoms with van der Waals surface area (Å²) >= 11 is 0. The first kappa shape index (κ1) is 12.5. The van der Waals surface area contributed by atoms with Gasteiger partial charge in [-0.2, -0.15) is 0 Å². The summed E-state index contributed by atoms with van der Waals surface area (Å²) in [5.74, 6) is -5.37. The van der Waals surface area contributed by atoms with Crippen molar-refractivity contribution in [3.8, 4) is 0 Å². The topological polar surface area (TPSA) is 91.7 Å². The number of carbonyl (C=O) groups is 3. The third kappa shape index (κ3) is 2.08. The van der Waals surface area contributed by atoms with Crippen LogP contribution < -0.4 is 0 Å². The number of allylic oxidation sites excluding steroid dienone is 3. The third-order valence-electron chi connectivity index (χ3n) is 3.54. The van der Waals surface area contributed by atoms with Crippen LogP contribution in [0.5, 0.6) is 0 Å². The fourth-order valence-electron chi connectivity index (χ4n) is 2.63. The monoisotopic (exact) mass is 250 g/mol. The Bertz CT molecular complexity index is 458. The van der Waals surface area contributed by atoms with Crippen LogP contribution in [-0.4, -0.2) is 27.9 Å². The Hall–Kier alpha value is -1.91. The summed E-state index contributed by atoms with van der Waals surface area (Å²) in [4.78, 5) is 34.1. The highest BCUT2D eigenvalue weighted by Gasteiger charge is 2.39. The van der Waals surface area contributed by atoms with Crippen LogP contribution in [0.15, 0.2) is 23.3 Å². The van der Waals surface area contributed by atoms with E-state index in [2.05, 4.69) is 0 Å². The fourth-order valence-corrected chi connectivity index (χ4v) is 2.63. The molecule has 0 radical (unpaired) electrons. The van der Waals surface area contributed by atoms with Crippen LogP contribution in [0.3, 0.4) is 0 Å². The number of hydrogen-bond donors (Lipinski definition) is 2. The van der Waals surface area contributed by atoms with Gasteiger partial charge in [-0.1, -0.05) is 24.1 Å². The van der Waals surface area contributed by atoms with E-state index in [1.165, 1.54) is 6.08 Å². The van der Waals surface area contributed by atoms with E-state index in [1.807, 2.05) is 0 Å². The van der Waals surface area contributed by atoms with E-state index in [0.29, 0.717) is 6.42 Å². The molecule has 2 aliphatic carbocycles. The Morgan fingerprint density at radius 3 is 2.44 bits per heavy atom. The van der Waals surface area contributed by atoms with Crippen molar-refractivity contribution < 1.29 is 24.6 Å². The van der Waals surface area contributed by atoms with Crippen molar-refractivity contribution in [2.24, 2.45) is 11.8 Å². The normalized spacial score (nSPS) is 23.2. The lowest BCUT2D eigenvalue weighted by atomic mass is 9.74. The van der Waals surface area contributed by atoms with E-state index in [1.54, 1.807) is 6.08 Å². The molecular formula is C13H14O5. The van der Waals surface area contributed by atoms with E-state index in [-0.39, 0.29) is 17.3 Å². The first-order valence-corrected chi connectivity index (χ1v) is 5.93. The highest BCUT2D eigenvalue weighted by molar-refractivity contribution is 6.11. The van der Waals surface area contributed by atoms with Gasteiger partial charge in [0.25, 0.3) is 0 Å². The Kier molecular flexibility index (Phi) is 3.32. The highest BCUT2D eigenvalue weighted by atomic mass is 16.4. The Balaban J connectivity index is 2.36. The van der Waals surface area contributed by atoms with Crippen LogP contribution in [0, 0.1) is 11.8 Å². The van der Waals surface area contributed by atoms with Crippen molar-refractivity contribution >= 4 is 17.7 Å². The van der Waals surface area contributed by atoms with Crippen molar-refractivity contribution in [3.05, 3.63) is 23.3 Å². The van der Waals surface area contributed by atoms with Crippen LogP contribution in [0.1, 0.15) is 25.7 Å². The van der Waals surface area contributed by atoms with Gasteiger partial charge >= 0.3 is 11.9 Å². The maximum absolute atomic E-state index is 12.2. The molecule has 1 unspecified atom stereocenters. The summed E-state index contributed by atoms with van der Waals surface area (Å²) in [6, 6.07) is 0. The minimum Gasteiger partial charge on any atom is -0.480 e. The molecule has 2 N–H and O–H groups in total. The summed E-state index contributed by atoms with van der Waals surface area (Å²) in [6.45, 7) is 0. The Morgan fingerprint density at radius 2 is 1.83 bits per heavy atom. The molecule has 1 atom stereocenters. The number of carboxylic acid groups (broad SMARTS) is 2. The second kappa shape index (κ2) is 4.76. The van der Waals surface area contributed by atoms with E-state index in [4.69, 9.17) is 10.2 Å². The summed E-state index contributed by atoms with van der Waals surface area (Å²) in [7, 11) is 0. The lowest BCUT2D eigenvalue weighted by Crippen LogP contribution is -2.34. The summed E-state index contributed by atoms with van der Waals surface area (Å²) in [6.07, 6.45) is 6.57. The van der Waals surface area contributed by atoms with Gasteiger partial charge in [0.15, 0.2) is 11.7 Å². The van der Waals surface area contributed by atoms with E-state index < -0.39 is 17.9 Å². The third-order valence-corrected chi connectivity index (χ3v) is 3.54. The molecule has 0 amide bonds. The van der Waals surface area contributed by atoms with Crippen molar-refractivity contribution in [1.29, 1.82) is 0 Å². The second-order valence-corrected chi connectivity index (χ2v) is 4.64. The van der Waals surface area contributed by atoms with E-state index >= 15 is 0 Å². The second-order valence-electron chi connectivity index (χ2n) is 4.64. The fraction of sp³-hybridized carbons (Fsp3) is 0.462. The van der Waals surface area contributed by atoms with Gasteiger partial charge in [0.1, 0.15) is 0 Å². The largest absolute Gasteiger partial charge is 0.480 e. The van der Waals surface area contributed by atoms with Crippen LogP contribution >= 0.6 is 0 Å².